The van der Waals surface area contributed by atoms with Crippen molar-refractivity contribution in [2.45, 2.75) is 18.5 Å². The number of rotatable bonds is 6. The van der Waals surface area contributed by atoms with Crippen molar-refractivity contribution < 1.29 is 4.79 Å². The fourth-order valence-electron chi connectivity index (χ4n) is 2.25. The number of benzene rings is 1. The van der Waals surface area contributed by atoms with E-state index < -0.39 is 0 Å². The fraction of sp³-hybridized carbons (Fsp3) is 0.235. The van der Waals surface area contributed by atoms with E-state index in [2.05, 4.69) is 33.9 Å². The molecule has 1 aromatic carbocycles. The predicted molar refractivity (Wildman–Crippen MR) is 104 cm³/mol. The number of carbonyl (C=O) groups excluding carboxylic acids is 1. The lowest BCUT2D eigenvalue weighted by Gasteiger charge is -2.06. The molecule has 0 bridgehead atoms. The predicted octanol–water partition coefficient (Wildman–Crippen LogP) is 4.49. The highest BCUT2D eigenvalue weighted by atomic mass is 35.5. The van der Waals surface area contributed by atoms with E-state index in [4.69, 9.17) is 11.6 Å². The minimum atomic E-state index is -0.133. The van der Waals surface area contributed by atoms with Crippen LogP contribution in [0.1, 0.15) is 11.8 Å². The Kier molecular flexibility index (Phi) is 5.78. The molecule has 1 N–H and O–H groups in total. The zero-order chi connectivity index (χ0) is 17.8. The molecule has 8 heteroatoms. The van der Waals surface area contributed by atoms with Gasteiger partial charge in [0.2, 0.25) is 5.91 Å². The smallest absolute Gasteiger partial charge is 0.234 e. The number of halogens is 1. The van der Waals surface area contributed by atoms with Gasteiger partial charge < -0.3 is 9.88 Å². The number of hydrogen-bond donors (Lipinski definition) is 1. The molecule has 2 heterocycles. The van der Waals surface area contributed by atoms with Gasteiger partial charge in [0.05, 0.1) is 16.5 Å². The molecule has 3 rings (SSSR count). The quantitative estimate of drug-likeness (QED) is 0.628. The number of nitrogens with one attached hydrogen (secondary N) is 1. The van der Waals surface area contributed by atoms with Crippen molar-refractivity contribution in [3.05, 3.63) is 45.6 Å². The Morgan fingerprint density at radius 2 is 2.16 bits per heavy atom. The molecule has 0 spiro atoms. The highest BCUT2D eigenvalue weighted by Crippen LogP contribution is 2.27. The summed E-state index contributed by atoms with van der Waals surface area (Å²) in [6.07, 6.45) is 1.01. The molecule has 0 aliphatic rings. The van der Waals surface area contributed by atoms with Crippen LogP contribution in [0.15, 0.2) is 40.9 Å². The first-order valence-electron chi connectivity index (χ1n) is 7.72. The maximum Gasteiger partial charge on any atom is 0.234 e. The van der Waals surface area contributed by atoms with Crippen LogP contribution >= 0.6 is 34.7 Å². The maximum atomic E-state index is 12.1. The molecule has 130 valence electrons. The average molecular weight is 393 g/mol. The first kappa shape index (κ1) is 18.0. The Morgan fingerprint density at radius 3 is 2.88 bits per heavy atom. The van der Waals surface area contributed by atoms with Gasteiger partial charge in [-0.2, -0.15) is 0 Å². The van der Waals surface area contributed by atoms with Gasteiger partial charge in [-0.05, 0) is 24.6 Å². The molecule has 0 atom stereocenters. The van der Waals surface area contributed by atoms with Gasteiger partial charge in [-0.1, -0.05) is 42.4 Å². The summed E-state index contributed by atoms with van der Waals surface area (Å²) in [5.74, 6) is 0.914. The van der Waals surface area contributed by atoms with E-state index in [1.807, 2.05) is 23.7 Å². The minimum Gasteiger partial charge on any atom is -0.324 e. The fourth-order valence-corrected chi connectivity index (χ4v) is 3.96. The molecule has 0 saturated heterocycles. The molecule has 3 aromatic rings. The number of hydrogen-bond acceptors (Lipinski definition) is 5. The van der Waals surface area contributed by atoms with Gasteiger partial charge in [0.1, 0.15) is 0 Å². The van der Waals surface area contributed by atoms with Crippen LogP contribution in [0.4, 0.5) is 5.69 Å². The van der Waals surface area contributed by atoms with Crippen molar-refractivity contribution in [1.29, 1.82) is 0 Å². The zero-order valence-corrected chi connectivity index (χ0v) is 16.2. The number of aromatic nitrogens is 3. The molecule has 25 heavy (non-hydrogen) atoms. The third-order valence-electron chi connectivity index (χ3n) is 3.58. The Bertz CT molecular complexity index is 890. The molecule has 0 aliphatic heterocycles. The van der Waals surface area contributed by atoms with Crippen LogP contribution < -0.4 is 5.32 Å². The van der Waals surface area contributed by atoms with Crippen LogP contribution in [0.25, 0.3) is 11.4 Å². The largest absolute Gasteiger partial charge is 0.324 e. The van der Waals surface area contributed by atoms with Crippen molar-refractivity contribution in [2.24, 2.45) is 7.05 Å². The monoisotopic (exact) mass is 392 g/mol. The molecule has 0 fully saturated rings. The number of nitrogens with zero attached hydrogens (tertiary/aromatic N) is 3. The van der Waals surface area contributed by atoms with Crippen LogP contribution in [0, 0.1) is 0 Å². The van der Waals surface area contributed by atoms with Gasteiger partial charge in [0.15, 0.2) is 11.0 Å². The van der Waals surface area contributed by atoms with Gasteiger partial charge in [-0.3, -0.25) is 4.79 Å². The first-order chi connectivity index (χ1) is 12.1. The topological polar surface area (TPSA) is 59.8 Å². The lowest BCUT2D eigenvalue weighted by molar-refractivity contribution is -0.113. The normalized spacial score (nSPS) is 10.8. The highest BCUT2D eigenvalue weighted by molar-refractivity contribution is 7.99. The van der Waals surface area contributed by atoms with Crippen molar-refractivity contribution in [3.8, 4) is 11.4 Å². The van der Waals surface area contributed by atoms with E-state index in [9.17, 15) is 4.79 Å². The average Bonchev–Trinajstić information content (AvgIpc) is 3.21. The number of carbonyl (C=O) groups is 1. The standard InChI is InChI=1S/C17H17ClN4OS2/c1-3-12-8-11(9-24-12)16-20-21-17(22(16)2)25-10-15(23)19-14-7-5-4-6-13(14)18/h4-9H,3,10H2,1-2H3,(H,19,23). The Hall–Kier alpha value is -1.83. The lowest BCUT2D eigenvalue weighted by Crippen LogP contribution is -2.14. The second kappa shape index (κ2) is 8.03. The SMILES string of the molecule is CCc1cc(-c2nnc(SCC(=O)Nc3ccccc3Cl)n2C)cs1. The van der Waals surface area contributed by atoms with Gasteiger partial charge in [0, 0.05) is 22.9 Å². The van der Waals surface area contributed by atoms with E-state index in [-0.39, 0.29) is 11.7 Å². The Balaban J connectivity index is 1.64. The highest BCUT2D eigenvalue weighted by Gasteiger charge is 2.14. The van der Waals surface area contributed by atoms with Crippen molar-refractivity contribution >= 4 is 46.3 Å². The number of thiophene rings is 1. The van der Waals surface area contributed by atoms with Crippen LogP contribution in [0.2, 0.25) is 5.02 Å². The Labute approximate surface area is 159 Å². The third kappa shape index (κ3) is 4.23. The number of thioether (sulfide) groups is 1. The van der Waals surface area contributed by atoms with Gasteiger partial charge in [-0.25, -0.2) is 0 Å². The molecule has 1 amide bonds. The van der Waals surface area contributed by atoms with Crippen molar-refractivity contribution in [2.75, 3.05) is 11.1 Å². The van der Waals surface area contributed by atoms with Crippen molar-refractivity contribution in [3.63, 3.8) is 0 Å². The summed E-state index contributed by atoms with van der Waals surface area (Å²) >= 11 is 9.11. The summed E-state index contributed by atoms with van der Waals surface area (Å²) in [5.41, 5.74) is 1.67. The zero-order valence-electron chi connectivity index (χ0n) is 13.8. The second-order valence-corrected chi connectivity index (χ2v) is 7.68. The molecule has 0 saturated carbocycles. The van der Waals surface area contributed by atoms with Crippen LogP contribution in [-0.2, 0) is 18.3 Å². The lowest BCUT2D eigenvalue weighted by atomic mass is 10.2. The van der Waals surface area contributed by atoms with Crippen LogP contribution in [0.3, 0.4) is 0 Å². The van der Waals surface area contributed by atoms with Crippen LogP contribution in [-0.4, -0.2) is 26.4 Å². The number of amides is 1. The Morgan fingerprint density at radius 1 is 1.36 bits per heavy atom. The van der Waals surface area contributed by atoms with E-state index in [0.29, 0.717) is 15.9 Å². The number of aryl methyl sites for hydroxylation is 1. The third-order valence-corrected chi connectivity index (χ3v) is 6.01. The second-order valence-electron chi connectivity index (χ2n) is 5.34. The van der Waals surface area contributed by atoms with E-state index in [1.165, 1.54) is 16.6 Å². The van der Waals surface area contributed by atoms with Crippen molar-refractivity contribution in [1.82, 2.24) is 14.8 Å². The van der Waals surface area contributed by atoms with Gasteiger partial charge in [0.25, 0.3) is 0 Å². The van der Waals surface area contributed by atoms with Gasteiger partial charge in [-0.15, -0.1) is 21.5 Å². The molecular formula is C17H17ClN4OS2. The summed E-state index contributed by atoms with van der Waals surface area (Å²) in [7, 11) is 1.91. The molecular weight excluding hydrogens is 376 g/mol. The minimum absolute atomic E-state index is 0.133. The summed E-state index contributed by atoms with van der Waals surface area (Å²) in [5, 5.41) is 14.6. The van der Waals surface area contributed by atoms with E-state index in [0.717, 1.165) is 17.8 Å². The molecule has 2 aromatic heterocycles. The van der Waals surface area contributed by atoms with E-state index >= 15 is 0 Å². The number of para-hydroxylation sites is 1. The van der Waals surface area contributed by atoms with Gasteiger partial charge >= 0.3 is 0 Å². The maximum absolute atomic E-state index is 12.1. The molecule has 5 nitrogen and oxygen atoms in total. The summed E-state index contributed by atoms with van der Waals surface area (Å²) in [4.78, 5) is 13.4. The summed E-state index contributed by atoms with van der Waals surface area (Å²) in [6.45, 7) is 2.13. The van der Waals surface area contributed by atoms with E-state index in [1.54, 1.807) is 23.5 Å². The molecule has 0 aliphatic carbocycles. The number of anilines is 1. The molecule has 0 unspecified atom stereocenters. The summed E-state index contributed by atoms with van der Waals surface area (Å²) in [6, 6.07) is 9.29. The summed E-state index contributed by atoms with van der Waals surface area (Å²) < 4.78 is 1.91. The molecule has 0 radical (unpaired) electrons. The van der Waals surface area contributed by atoms with Crippen LogP contribution in [0.5, 0.6) is 0 Å². The first-order valence-corrected chi connectivity index (χ1v) is 9.97.